The lowest BCUT2D eigenvalue weighted by atomic mass is 9.72. The molecule has 0 radical (unpaired) electrons. The minimum atomic E-state index is -0.309. The van der Waals surface area contributed by atoms with Gasteiger partial charge in [0.2, 0.25) is 0 Å². The highest BCUT2D eigenvalue weighted by Gasteiger charge is 2.26. The van der Waals surface area contributed by atoms with Crippen molar-refractivity contribution in [3.63, 3.8) is 0 Å². The summed E-state index contributed by atoms with van der Waals surface area (Å²) in [4.78, 5) is 11.4. The quantitative estimate of drug-likeness (QED) is 0.140. The first kappa shape index (κ1) is 41.1. The Bertz CT molecular complexity index is 1480. The molecule has 1 aromatic rings. The Morgan fingerprint density at radius 2 is 1.47 bits per heavy atom. The zero-order chi connectivity index (χ0) is 35.6. The maximum absolute atomic E-state index is 11.4. The molecule has 256 valence electrons. The van der Waals surface area contributed by atoms with E-state index in [4.69, 9.17) is 14.6 Å². The summed E-state index contributed by atoms with van der Waals surface area (Å²) in [5, 5.41) is 8.81. The second kappa shape index (κ2) is 21.1. The number of carbonyl (C=O) groups excluding carboxylic acids is 1. The van der Waals surface area contributed by atoms with Crippen molar-refractivity contribution in [2.75, 3.05) is 20.3 Å². The number of benzene rings is 1. The average molecular weight is 641 g/mol. The van der Waals surface area contributed by atoms with Crippen LogP contribution in [0.5, 0.6) is 5.75 Å². The molecule has 4 nitrogen and oxygen atoms in total. The molecule has 0 atom stereocenters. The van der Waals surface area contributed by atoms with E-state index in [1.165, 1.54) is 64.3 Å². The van der Waals surface area contributed by atoms with E-state index in [0.717, 1.165) is 22.5 Å². The predicted molar refractivity (Wildman–Crippen MR) is 203 cm³/mol. The number of ether oxygens (including phenoxy) is 2. The fourth-order valence-corrected chi connectivity index (χ4v) is 5.42. The maximum Gasteiger partial charge on any atom is 0.330 e. The third-order valence-corrected chi connectivity index (χ3v) is 8.38. The molecule has 1 aliphatic rings. The smallest absolute Gasteiger partial charge is 0.330 e. The molecule has 0 amide bonds. The van der Waals surface area contributed by atoms with Gasteiger partial charge in [0.25, 0.3) is 0 Å². The Morgan fingerprint density at radius 3 is 2.02 bits per heavy atom. The van der Waals surface area contributed by atoms with Gasteiger partial charge in [-0.1, -0.05) is 103 Å². The number of aryl methyl sites for hydroxylation is 1. The van der Waals surface area contributed by atoms with E-state index >= 15 is 0 Å². The first-order valence-electron chi connectivity index (χ1n) is 16.7. The Labute approximate surface area is 286 Å². The zero-order valence-corrected chi connectivity index (χ0v) is 31.2. The van der Waals surface area contributed by atoms with Crippen LogP contribution in [0.25, 0.3) is 6.08 Å². The van der Waals surface area contributed by atoms with Crippen molar-refractivity contribution in [2.45, 2.75) is 95.4 Å². The lowest BCUT2D eigenvalue weighted by molar-refractivity contribution is -0.137. The van der Waals surface area contributed by atoms with Crippen molar-refractivity contribution in [2.24, 2.45) is 5.41 Å². The third kappa shape index (κ3) is 15.0. The zero-order valence-electron chi connectivity index (χ0n) is 31.2. The van der Waals surface area contributed by atoms with Gasteiger partial charge in [-0.15, -0.1) is 0 Å². The third-order valence-electron chi connectivity index (χ3n) is 8.38. The lowest BCUT2D eigenvalue weighted by Gasteiger charge is -2.32. The number of allylic oxidation sites excluding steroid dienone is 15. The van der Waals surface area contributed by atoms with Crippen LogP contribution in [0.15, 0.2) is 106 Å². The van der Waals surface area contributed by atoms with Crippen molar-refractivity contribution in [1.29, 1.82) is 0 Å². The number of aliphatic hydroxyl groups is 1. The normalized spacial score (nSPS) is 16.4. The van der Waals surface area contributed by atoms with Crippen LogP contribution < -0.4 is 4.74 Å². The van der Waals surface area contributed by atoms with Gasteiger partial charge in [-0.05, 0) is 126 Å². The van der Waals surface area contributed by atoms with Crippen molar-refractivity contribution in [3.05, 3.63) is 129 Å². The second-order valence-corrected chi connectivity index (χ2v) is 13.0. The summed E-state index contributed by atoms with van der Waals surface area (Å²) in [6.07, 6.45) is 27.8. The SMILES string of the molecule is CC1=C(/C=C/C(C)=C/C=C/C(C)=C/CO)C(C)(C)CCC1.CCOC(=O)/C=C(C)/C=C/C=C(C)/C=C/c1c(C)cc(OC)c(C)c1C. The van der Waals surface area contributed by atoms with Crippen LogP contribution in [0, 0.1) is 26.2 Å². The van der Waals surface area contributed by atoms with E-state index in [0.29, 0.717) is 12.0 Å². The number of hydrogen-bond acceptors (Lipinski definition) is 4. The minimum absolute atomic E-state index is 0.0985. The maximum atomic E-state index is 11.4. The summed E-state index contributed by atoms with van der Waals surface area (Å²) in [6, 6.07) is 2.07. The van der Waals surface area contributed by atoms with E-state index in [2.05, 4.69) is 84.9 Å². The highest BCUT2D eigenvalue weighted by Crippen LogP contribution is 2.40. The summed E-state index contributed by atoms with van der Waals surface area (Å²) in [7, 11) is 1.70. The topological polar surface area (TPSA) is 55.8 Å². The molecule has 0 spiro atoms. The van der Waals surface area contributed by atoms with Crippen LogP contribution in [0.2, 0.25) is 0 Å². The van der Waals surface area contributed by atoms with Crippen molar-refractivity contribution < 1.29 is 19.4 Å². The Morgan fingerprint density at radius 1 is 0.872 bits per heavy atom. The van der Waals surface area contributed by atoms with Crippen LogP contribution in [0.1, 0.15) is 96.9 Å². The Kier molecular flexibility index (Phi) is 18.4. The molecule has 2 rings (SSSR count). The molecule has 47 heavy (non-hydrogen) atoms. The van der Waals surface area contributed by atoms with Gasteiger partial charge in [-0.2, -0.15) is 0 Å². The summed E-state index contributed by atoms with van der Waals surface area (Å²) in [5.74, 6) is 0.618. The number of carbonyl (C=O) groups is 1. The first-order valence-corrected chi connectivity index (χ1v) is 16.7. The summed E-state index contributed by atoms with van der Waals surface area (Å²) < 4.78 is 10.3. The molecule has 0 aliphatic heterocycles. The molecule has 4 heteroatoms. The lowest BCUT2D eigenvalue weighted by Crippen LogP contribution is -2.19. The van der Waals surface area contributed by atoms with Gasteiger partial charge >= 0.3 is 5.97 Å². The van der Waals surface area contributed by atoms with Crippen molar-refractivity contribution >= 4 is 12.0 Å². The molecule has 0 aromatic heterocycles. The number of aliphatic hydroxyl groups excluding tert-OH is 1. The fraction of sp³-hybridized carbons (Fsp3) is 0.419. The number of methoxy groups -OCH3 is 1. The van der Waals surface area contributed by atoms with Gasteiger partial charge in [-0.3, -0.25) is 0 Å². The van der Waals surface area contributed by atoms with E-state index in [1.807, 2.05) is 51.2 Å². The minimum Gasteiger partial charge on any atom is -0.496 e. The molecule has 1 N–H and O–H groups in total. The first-order chi connectivity index (χ1) is 22.2. The molecule has 1 aliphatic carbocycles. The molecular formula is C43H60O4. The largest absolute Gasteiger partial charge is 0.496 e. The molecular weight excluding hydrogens is 580 g/mol. The van der Waals surface area contributed by atoms with Crippen LogP contribution in [0.3, 0.4) is 0 Å². The van der Waals surface area contributed by atoms with E-state index < -0.39 is 0 Å². The molecule has 0 fully saturated rings. The van der Waals surface area contributed by atoms with Gasteiger partial charge in [0.15, 0.2) is 0 Å². The summed E-state index contributed by atoms with van der Waals surface area (Å²) >= 11 is 0. The van der Waals surface area contributed by atoms with Gasteiger partial charge in [0, 0.05) is 6.08 Å². The summed E-state index contributed by atoms with van der Waals surface area (Å²) in [6.45, 7) is 23.6. The monoisotopic (exact) mass is 640 g/mol. The number of hydrogen-bond donors (Lipinski definition) is 1. The van der Waals surface area contributed by atoms with Crippen LogP contribution in [-0.2, 0) is 9.53 Å². The molecule has 0 unspecified atom stereocenters. The summed E-state index contributed by atoms with van der Waals surface area (Å²) in [5.41, 5.74) is 12.4. The van der Waals surface area contributed by atoms with Crippen LogP contribution in [-0.4, -0.2) is 31.4 Å². The van der Waals surface area contributed by atoms with Crippen molar-refractivity contribution in [1.82, 2.24) is 0 Å². The molecule has 1 aromatic carbocycles. The van der Waals surface area contributed by atoms with Crippen molar-refractivity contribution in [3.8, 4) is 5.75 Å². The van der Waals surface area contributed by atoms with Crippen LogP contribution >= 0.6 is 0 Å². The molecule has 0 heterocycles. The number of rotatable bonds is 12. The highest BCUT2D eigenvalue weighted by atomic mass is 16.5. The van der Waals surface area contributed by atoms with Gasteiger partial charge in [0.1, 0.15) is 5.75 Å². The Balaban J connectivity index is 0.000000481. The standard InChI is InChI=1S/C23H30O3.C20H30O/c1-8-26-23(24)14-17(3)11-9-10-16(2)12-13-21-18(4)15-22(25-7)20(6)19(21)5;1-16(8-6-9-17(2)13-15-21)11-12-19-18(3)10-7-14-20(19,4)5/h9-15H,8H2,1-7H3;6,8-9,11-13,21H,7,10,14-15H2,1-5H3/b11-9+,13-12+,16-10+,17-14+;9-6+,12-11+,16-8+,17-13+. The highest BCUT2D eigenvalue weighted by molar-refractivity contribution is 5.83. The average Bonchev–Trinajstić information content (AvgIpc) is 2.99. The van der Waals surface area contributed by atoms with Gasteiger partial charge < -0.3 is 14.6 Å². The number of esters is 1. The van der Waals surface area contributed by atoms with Crippen LogP contribution in [0.4, 0.5) is 0 Å². The Hall–Kier alpha value is -3.89. The molecule has 0 bridgehead atoms. The van der Waals surface area contributed by atoms with Gasteiger partial charge in [0.05, 0.1) is 20.3 Å². The fourth-order valence-electron chi connectivity index (χ4n) is 5.42. The molecule has 0 saturated carbocycles. The van der Waals surface area contributed by atoms with E-state index in [9.17, 15) is 4.79 Å². The van der Waals surface area contributed by atoms with E-state index in [-0.39, 0.29) is 12.6 Å². The second-order valence-electron chi connectivity index (χ2n) is 13.0. The predicted octanol–water partition coefficient (Wildman–Crippen LogP) is 11.2. The van der Waals surface area contributed by atoms with E-state index in [1.54, 1.807) is 20.1 Å². The van der Waals surface area contributed by atoms with Gasteiger partial charge in [-0.25, -0.2) is 4.79 Å². The molecule has 0 saturated heterocycles.